The largest absolute Gasteiger partial charge is 0.444 e. The number of amides is 1. The first-order valence-electron chi connectivity index (χ1n) is 6.09. The zero-order valence-corrected chi connectivity index (χ0v) is 10.4. The summed E-state index contributed by atoms with van der Waals surface area (Å²) in [5.41, 5.74) is 0.0675. The Labute approximate surface area is 97.1 Å². The van der Waals surface area contributed by atoms with Crippen LogP contribution < -0.4 is 10.6 Å². The summed E-state index contributed by atoms with van der Waals surface area (Å²) < 4.78 is 5.25. The van der Waals surface area contributed by atoms with Crippen molar-refractivity contribution in [2.75, 3.05) is 13.1 Å². The molecule has 4 nitrogen and oxygen atoms in total. The third kappa shape index (κ3) is 2.67. The summed E-state index contributed by atoms with van der Waals surface area (Å²) in [6.45, 7) is 7.88. The molecule has 1 amide bonds. The van der Waals surface area contributed by atoms with E-state index in [2.05, 4.69) is 10.6 Å². The Morgan fingerprint density at radius 2 is 2.12 bits per heavy atom. The number of rotatable bonds is 1. The molecule has 4 heteroatoms. The third-order valence-electron chi connectivity index (χ3n) is 3.42. The minimum Gasteiger partial charge on any atom is -0.444 e. The Morgan fingerprint density at radius 1 is 1.44 bits per heavy atom. The lowest BCUT2D eigenvalue weighted by molar-refractivity contribution is 0.0499. The Hall–Kier alpha value is -0.770. The molecule has 0 aromatic carbocycles. The average molecular weight is 226 g/mol. The van der Waals surface area contributed by atoms with Gasteiger partial charge >= 0.3 is 6.09 Å². The van der Waals surface area contributed by atoms with Gasteiger partial charge < -0.3 is 15.4 Å². The monoisotopic (exact) mass is 226 g/mol. The topological polar surface area (TPSA) is 50.4 Å². The van der Waals surface area contributed by atoms with Crippen LogP contribution in [0.2, 0.25) is 0 Å². The Balaban J connectivity index is 1.76. The lowest BCUT2D eigenvalue weighted by Gasteiger charge is -2.39. The van der Waals surface area contributed by atoms with Crippen LogP contribution in [0.15, 0.2) is 0 Å². The molecule has 2 N–H and O–H groups in total. The van der Waals surface area contributed by atoms with Gasteiger partial charge in [0.2, 0.25) is 0 Å². The van der Waals surface area contributed by atoms with Gasteiger partial charge in [0.05, 0.1) is 0 Å². The van der Waals surface area contributed by atoms with E-state index in [1.165, 1.54) is 6.42 Å². The minimum absolute atomic E-state index is 0.276. The average Bonchev–Trinajstić information content (AvgIpc) is 2.43. The second-order valence-corrected chi connectivity index (χ2v) is 6.19. The highest BCUT2D eigenvalue weighted by Crippen LogP contribution is 2.41. The first-order chi connectivity index (χ1) is 7.39. The molecule has 16 heavy (non-hydrogen) atoms. The van der Waals surface area contributed by atoms with E-state index in [0.29, 0.717) is 11.5 Å². The van der Waals surface area contributed by atoms with Crippen molar-refractivity contribution < 1.29 is 9.53 Å². The zero-order valence-electron chi connectivity index (χ0n) is 10.4. The number of hydrogen-bond acceptors (Lipinski definition) is 3. The molecule has 0 radical (unpaired) electrons. The molecular formula is C12H22N2O2. The molecule has 0 bridgehead atoms. The predicted octanol–water partition coefficient (Wildman–Crippen LogP) is 1.65. The van der Waals surface area contributed by atoms with E-state index in [1.807, 2.05) is 20.8 Å². The molecule has 1 aliphatic carbocycles. The number of hydrogen-bond donors (Lipinski definition) is 2. The predicted molar refractivity (Wildman–Crippen MR) is 62.3 cm³/mol. The zero-order chi connectivity index (χ0) is 11.8. The summed E-state index contributed by atoms with van der Waals surface area (Å²) >= 11 is 0. The maximum absolute atomic E-state index is 11.6. The summed E-state index contributed by atoms with van der Waals surface area (Å²) in [5, 5.41) is 6.28. The van der Waals surface area contributed by atoms with Crippen molar-refractivity contribution in [1.82, 2.24) is 10.6 Å². The molecule has 1 heterocycles. The number of carbonyl (C=O) groups excluding carboxylic acids is 1. The fourth-order valence-corrected chi connectivity index (χ4v) is 2.60. The Bertz CT molecular complexity index is 279. The fourth-order valence-electron chi connectivity index (χ4n) is 2.60. The Kier molecular flexibility index (Phi) is 2.86. The summed E-state index contributed by atoms with van der Waals surface area (Å²) in [6, 6.07) is 0.303. The van der Waals surface area contributed by atoms with Gasteiger partial charge in [0, 0.05) is 19.1 Å². The lowest BCUT2D eigenvalue weighted by atomic mass is 9.80. The van der Waals surface area contributed by atoms with Gasteiger partial charge in [0.15, 0.2) is 0 Å². The van der Waals surface area contributed by atoms with Gasteiger partial charge in [0.25, 0.3) is 0 Å². The van der Waals surface area contributed by atoms with Crippen molar-refractivity contribution in [2.45, 2.75) is 51.7 Å². The van der Waals surface area contributed by atoms with Crippen LogP contribution in [0.25, 0.3) is 0 Å². The first-order valence-corrected chi connectivity index (χ1v) is 6.09. The summed E-state index contributed by atoms with van der Waals surface area (Å²) in [5.74, 6) is 0. The molecule has 0 aromatic heterocycles. The number of alkyl carbamates (subject to hydrolysis) is 1. The molecule has 92 valence electrons. The van der Waals surface area contributed by atoms with Crippen molar-refractivity contribution in [1.29, 1.82) is 0 Å². The van der Waals surface area contributed by atoms with E-state index < -0.39 is 5.60 Å². The third-order valence-corrected chi connectivity index (χ3v) is 3.42. The minimum atomic E-state index is -0.404. The van der Waals surface area contributed by atoms with E-state index in [9.17, 15) is 4.79 Å². The fraction of sp³-hybridized carbons (Fsp3) is 0.917. The van der Waals surface area contributed by atoms with E-state index in [1.54, 1.807) is 0 Å². The van der Waals surface area contributed by atoms with Crippen LogP contribution in [-0.4, -0.2) is 30.8 Å². The molecule has 1 atom stereocenters. The molecule has 0 aromatic rings. The van der Waals surface area contributed by atoms with Crippen molar-refractivity contribution in [3.8, 4) is 0 Å². The van der Waals surface area contributed by atoms with Crippen LogP contribution in [0.3, 0.4) is 0 Å². The summed E-state index contributed by atoms with van der Waals surface area (Å²) in [7, 11) is 0. The number of carbonyl (C=O) groups is 1. The first kappa shape index (κ1) is 11.7. The molecule has 1 spiro atoms. The summed E-state index contributed by atoms with van der Waals surface area (Å²) in [6.07, 6.45) is 3.13. The van der Waals surface area contributed by atoms with Gasteiger partial charge in [-0.15, -0.1) is 0 Å². The van der Waals surface area contributed by atoms with E-state index in [4.69, 9.17) is 4.74 Å². The van der Waals surface area contributed by atoms with E-state index in [-0.39, 0.29) is 6.09 Å². The van der Waals surface area contributed by atoms with Crippen molar-refractivity contribution in [3.63, 3.8) is 0 Å². The Morgan fingerprint density at radius 3 is 2.56 bits per heavy atom. The van der Waals surface area contributed by atoms with Gasteiger partial charge in [-0.05, 0) is 45.4 Å². The molecule has 0 unspecified atom stereocenters. The van der Waals surface area contributed by atoms with Crippen LogP contribution >= 0.6 is 0 Å². The molecule has 1 saturated carbocycles. The highest BCUT2D eigenvalue weighted by molar-refractivity contribution is 5.68. The van der Waals surface area contributed by atoms with Gasteiger partial charge in [-0.2, -0.15) is 0 Å². The van der Waals surface area contributed by atoms with Gasteiger partial charge in [-0.1, -0.05) is 0 Å². The number of nitrogens with one attached hydrogen (secondary N) is 2. The molecule has 2 fully saturated rings. The van der Waals surface area contributed by atoms with Gasteiger partial charge in [-0.25, -0.2) is 4.79 Å². The normalized spacial score (nSPS) is 27.6. The van der Waals surface area contributed by atoms with Crippen LogP contribution in [0.1, 0.15) is 40.0 Å². The van der Waals surface area contributed by atoms with Crippen LogP contribution in [0, 0.1) is 5.41 Å². The lowest BCUT2D eigenvalue weighted by Crippen LogP contribution is -2.52. The van der Waals surface area contributed by atoms with Crippen LogP contribution in [0.4, 0.5) is 4.79 Å². The maximum Gasteiger partial charge on any atom is 0.407 e. The second-order valence-electron chi connectivity index (χ2n) is 6.19. The van der Waals surface area contributed by atoms with Crippen molar-refractivity contribution >= 4 is 6.09 Å². The van der Waals surface area contributed by atoms with Crippen LogP contribution in [-0.2, 0) is 4.74 Å². The molecule has 1 aliphatic heterocycles. The highest BCUT2D eigenvalue weighted by atomic mass is 16.6. The van der Waals surface area contributed by atoms with Crippen molar-refractivity contribution in [3.05, 3.63) is 0 Å². The molecule has 1 saturated heterocycles. The smallest absolute Gasteiger partial charge is 0.407 e. The molecule has 2 aliphatic rings. The van der Waals surface area contributed by atoms with Gasteiger partial charge in [-0.3, -0.25) is 0 Å². The van der Waals surface area contributed by atoms with Crippen molar-refractivity contribution in [2.24, 2.45) is 5.41 Å². The maximum atomic E-state index is 11.6. The van der Waals surface area contributed by atoms with E-state index in [0.717, 1.165) is 25.9 Å². The van der Waals surface area contributed by atoms with E-state index >= 15 is 0 Å². The van der Waals surface area contributed by atoms with Crippen LogP contribution in [0.5, 0.6) is 0 Å². The van der Waals surface area contributed by atoms with Gasteiger partial charge in [0.1, 0.15) is 5.60 Å². The molecule has 2 rings (SSSR count). The standard InChI is InChI=1S/C12H22N2O2/c1-11(2,3)16-10(15)14-9-4-5-12(6-9)7-13-8-12/h9,13H,4-8H2,1-3H3,(H,14,15)/t9-/m0/s1. The SMILES string of the molecule is CC(C)(C)OC(=O)N[C@H]1CCC2(CNC2)C1. The summed E-state index contributed by atoms with van der Waals surface area (Å²) in [4.78, 5) is 11.6. The quantitative estimate of drug-likeness (QED) is 0.715. The second kappa shape index (κ2) is 3.91. The number of ether oxygens (including phenoxy) is 1. The highest BCUT2D eigenvalue weighted by Gasteiger charge is 2.44. The molecular weight excluding hydrogens is 204 g/mol.